The maximum atomic E-state index is 11.6. The lowest BCUT2D eigenvalue weighted by atomic mass is 10.2. The van der Waals surface area contributed by atoms with Gasteiger partial charge in [-0.2, -0.15) is 0 Å². The minimum absolute atomic E-state index is 0.209. The average molecular weight is 269 g/mol. The lowest BCUT2D eigenvalue weighted by Crippen LogP contribution is -2.49. The molecule has 1 saturated carbocycles. The Hall–Kier alpha value is -1.56. The molecule has 2 atom stereocenters. The van der Waals surface area contributed by atoms with E-state index >= 15 is 0 Å². The van der Waals surface area contributed by atoms with Crippen molar-refractivity contribution in [3.63, 3.8) is 0 Å². The summed E-state index contributed by atoms with van der Waals surface area (Å²) in [6, 6.07) is -0.507. The number of urea groups is 1. The number of nitrogens with zero attached hydrogens (tertiary/aromatic N) is 1. The van der Waals surface area contributed by atoms with Gasteiger partial charge in [0.2, 0.25) is 0 Å². The molecule has 108 valence electrons. The fourth-order valence-corrected chi connectivity index (χ4v) is 1.82. The number of carbonyl (C=O) groups excluding carboxylic acids is 1. The Kier molecular flexibility index (Phi) is 5.82. The highest BCUT2D eigenvalue weighted by atomic mass is 16.4. The Labute approximate surface area is 113 Å². The van der Waals surface area contributed by atoms with Crippen molar-refractivity contribution in [2.24, 2.45) is 0 Å². The number of aliphatic carboxylic acids is 1. The van der Waals surface area contributed by atoms with Crippen LogP contribution in [0.15, 0.2) is 12.7 Å². The van der Waals surface area contributed by atoms with Crippen molar-refractivity contribution in [3.8, 4) is 0 Å². The molecule has 6 heteroatoms. The molecular formula is C13H23N3O3. The van der Waals surface area contributed by atoms with Gasteiger partial charge < -0.3 is 15.7 Å². The fraction of sp³-hybridized carbons (Fsp3) is 0.692. The van der Waals surface area contributed by atoms with Gasteiger partial charge in [-0.25, -0.2) is 9.59 Å². The van der Waals surface area contributed by atoms with E-state index in [-0.39, 0.29) is 12.5 Å². The third kappa shape index (κ3) is 5.30. The highest BCUT2D eigenvalue weighted by Gasteiger charge is 2.29. The van der Waals surface area contributed by atoms with Crippen molar-refractivity contribution in [3.05, 3.63) is 12.7 Å². The van der Waals surface area contributed by atoms with Crippen LogP contribution in [-0.4, -0.2) is 53.7 Å². The number of likely N-dealkylation sites (N-methyl/N-ethyl adjacent to an activating group) is 1. The normalized spacial score (nSPS) is 17.6. The number of nitrogens with one attached hydrogen (secondary N) is 2. The average Bonchev–Trinajstić information content (AvgIpc) is 3.18. The molecule has 1 fully saturated rings. The molecule has 6 nitrogen and oxygen atoms in total. The minimum Gasteiger partial charge on any atom is -0.480 e. The summed E-state index contributed by atoms with van der Waals surface area (Å²) in [6.07, 6.45) is 4.11. The molecule has 0 spiro atoms. The first-order chi connectivity index (χ1) is 8.95. The van der Waals surface area contributed by atoms with E-state index in [4.69, 9.17) is 5.11 Å². The van der Waals surface area contributed by atoms with Crippen LogP contribution in [0.25, 0.3) is 0 Å². The highest BCUT2D eigenvalue weighted by molar-refractivity contribution is 5.82. The van der Waals surface area contributed by atoms with Gasteiger partial charge in [0.1, 0.15) is 6.04 Å². The summed E-state index contributed by atoms with van der Waals surface area (Å²) in [4.78, 5) is 24.7. The predicted octanol–water partition coefficient (Wildman–Crippen LogP) is 0.798. The fourth-order valence-electron chi connectivity index (χ4n) is 1.82. The summed E-state index contributed by atoms with van der Waals surface area (Å²) in [7, 11) is 2.04. The Morgan fingerprint density at radius 3 is 2.63 bits per heavy atom. The van der Waals surface area contributed by atoms with Crippen LogP contribution in [0.1, 0.15) is 26.2 Å². The van der Waals surface area contributed by atoms with Crippen LogP contribution in [0.4, 0.5) is 4.79 Å². The van der Waals surface area contributed by atoms with Crippen molar-refractivity contribution >= 4 is 12.0 Å². The molecule has 3 N–H and O–H groups in total. The zero-order chi connectivity index (χ0) is 14.4. The number of carboxylic acid groups (broad SMARTS) is 1. The van der Waals surface area contributed by atoms with Crippen molar-refractivity contribution in [2.45, 2.75) is 44.3 Å². The highest BCUT2D eigenvalue weighted by Crippen LogP contribution is 2.26. The summed E-state index contributed by atoms with van der Waals surface area (Å²) in [5, 5.41) is 14.0. The van der Waals surface area contributed by atoms with E-state index in [1.807, 2.05) is 14.0 Å². The number of hydrogen-bond acceptors (Lipinski definition) is 3. The molecule has 0 aromatic heterocycles. The molecule has 0 radical (unpaired) electrons. The molecule has 19 heavy (non-hydrogen) atoms. The molecule has 0 heterocycles. The number of hydrogen-bond donors (Lipinski definition) is 3. The second kappa shape index (κ2) is 7.13. The van der Waals surface area contributed by atoms with E-state index in [1.165, 1.54) is 18.9 Å². The first-order valence-electron chi connectivity index (χ1n) is 6.55. The molecule has 2 amide bonds. The molecule has 1 aliphatic rings. The zero-order valence-corrected chi connectivity index (χ0v) is 11.6. The molecule has 0 bridgehead atoms. The molecule has 0 aromatic rings. The summed E-state index contributed by atoms with van der Waals surface area (Å²) in [5.74, 6) is -1.06. The third-order valence-corrected chi connectivity index (χ3v) is 3.38. The molecule has 2 unspecified atom stereocenters. The van der Waals surface area contributed by atoms with E-state index in [2.05, 4.69) is 22.1 Å². The van der Waals surface area contributed by atoms with E-state index in [1.54, 1.807) is 0 Å². The summed E-state index contributed by atoms with van der Waals surface area (Å²) >= 11 is 0. The van der Waals surface area contributed by atoms with Gasteiger partial charge in [-0.1, -0.05) is 6.08 Å². The van der Waals surface area contributed by atoms with Crippen LogP contribution in [0.2, 0.25) is 0 Å². The SMILES string of the molecule is C=CCC(NC(=O)NCC(C)N(C)C1CC1)C(=O)O. The quantitative estimate of drug-likeness (QED) is 0.569. The van der Waals surface area contributed by atoms with Gasteiger partial charge in [-0.3, -0.25) is 4.90 Å². The van der Waals surface area contributed by atoms with Crippen LogP contribution in [0.3, 0.4) is 0 Å². The molecule has 0 aliphatic heterocycles. The molecule has 0 aromatic carbocycles. The van der Waals surface area contributed by atoms with E-state index in [0.29, 0.717) is 12.6 Å². The van der Waals surface area contributed by atoms with E-state index in [9.17, 15) is 9.59 Å². The lowest BCUT2D eigenvalue weighted by molar-refractivity contribution is -0.139. The predicted molar refractivity (Wildman–Crippen MR) is 73.0 cm³/mol. The van der Waals surface area contributed by atoms with Crippen molar-refractivity contribution in [1.29, 1.82) is 0 Å². The van der Waals surface area contributed by atoms with Crippen LogP contribution in [0.5, 0.6) is 0 Å². The smallest absolute Gasteiger partial charge is 0.326 e. The van der Waals surface area contributed by atoms with E-state index in [0.717, 1.165) is 0 Å². The Morgan fingerprint density at radius 2 is 2.16 bits per heavy atom. The number of rotatable bonds is 8. The van der Waals surface area contributed by atoms with Crippen molar-refractivity contribution in [2.75, 3.05) is 13.6 Å². The summed E-state index contributed by atoms with van der Waals surface area (Å²) < 4.78 is 0. The molecule has 0 saturated heterocycles. The second-order valence-corrected chi connectivity index (χ2v) is 5.02. The van der Waals surface area contributed by atoms with Gasteiger partial charge in [0.15, 0.2) is 0 Å². The first-order valence-corrected chi connectivity index (χ1v) is 6.55. The van der Waals surface area contributed by atoms with Gasteiger partial charge in [-0.15, -0.1) is 6.58 Å². The van der Waals surface area contributed by atoms with Crippen LogP contribution in [-0.2, 0) is 4.79 Å². The third-order valence-electron chi connectivity index (χ3n) is 3.38. The Balaban J connectivity index is 2.29. The molecule has 1 rings (SSSR count). The van der Waals surface area contributed by atoms with Crippen LogP contribution < -0.4 is 10.6 Å². The number of carboxylic acids is 1. The van der Waals surface area contributed by atoms with Gasteiger partial charge >= 0.3 is 12.0 Å². The van der Waals surface area contributed by atoms with Gasteiger partial charge in [-0.05, 0) is 33.2 Å². The first kappa shape index (κ1) is 15.5. The standard InChI is InChI=1S/C13H23N3O3/c1-4-5-11(12(17)18)15-13(19)14-8-9(2)16(3)10-6-7-10/h4,9-11H,1,5-8H2,2-3H3,(H,17,18)(H2,14,15,19). The van der Waals surface area contributed by atoms with E-state index < -0.39 is 18.0 Å². The number of amides is 2. The second-order valence-electron chi connectivity index (χ2n) is 5.02. The van der Waals surface area contributed by atoms with Gasteiger partial charge in [0.05, 0.1) is 0 Å². The summed E-state index contributed by atoms with van der Waals surface area (Å²) in [6.45, 7) is 6.01. The number of carbonyl (C=O) groups is 2. The maximum absolute atomic E-state index is 11.6. The maximum Gasteiger partial charge on any atom is 0.326 e. The summed E-state index contributed by atoms with van der Waals surface area (Å²) in [5.41, 5.74) is 0. The van der Waals surface area contributed by atoms with Crippen molar-refractivity contribution in [1.82, 2.24) is 15.5 Å². The van der Waals surface area contributed by atoms with Crippen LogP contribution >= 0.6 is 0 Å². The van der Waals surface area contributed by atoms with Gasteiger partial charge in [0, 0.05) is 18.6 Å². The monoisotopic (exact) mass is 269 g/mol. The topological polar surface area (TPSA) is 81.7 Å². The van der Waals surface area contributed by atoms with Gasteiger partial charge in [0.25, 0.3) is 0 Å². The molecule has 1 aliphatic carbocycles. The van der Waals surface area contributed by atoms with Crippen molar-refractivity contribution < 1.29 is 14.7 Å². The lowest BCUT2D eigenvalue weighted by Gasteiger charge is -2.25. The molecular weight excluding hydrogens is 246 g/mol. The van der Waals surface area contributed by atoms with Crippen LogP contribution in [0, 0.1) is 0 Å². The largest absolute Gasteiger partial charge is 0.480 e. The minimum atomic E-state index is -1.06. The Morgan fingerprint density at radius 1 is 1.53 bits per heavy atom. The zero-order valence-electron chi connectivity index (χ0n) is 11.6. The Bertz CT molecular complexity index is 342.